The van der Waals surface area contributed by atoms with Gasteiger partial charge in [0, 0.05) is 24.2 Å². The maximum absolute atomic E-state index is 13.4. The summed E-state index contributed by atoms with van der Waals surface area (Å²) in [5.41, 5.74) is 1.48. The number of amides is 4. The minimum absolute atomic E-state index is 0.141. The average Bonchev–Trinajstić information content (AvgIpc) is 3.41. The molecule has 2 aromatic rings. The van der Waals surface area contributed by atoms with E-state index in [4.69, 9.17) is 18.9 Å². The molecule has 2 aromatic carbocycles. The standard InChI is InChI=1S/C62H96N4O10/c1-3-5-7-9-27-33-43-73-55-41-39-51-47-53(55)61(71)63-49-59(69)75-45-35-29-23-19-15-12-14-18-22-26-32-38-58(68)66-52-40-42-56(74-44-34-28-10-8-6-4-2)54(48-52)62(72)64-50-60(70)76-46-36-30-24-20-16-11-13-17-21-25-31-37-57(67)65-51/h17-18,21-22,39-42,47-48H,3-16,19-20,23-38,43-46,49-50H2,1-2H3,(H,63,71)(H,64,72)(H,65,67)(H,66,68). The van der Waals surface area contributed by atoms with Crippen LogP contribution in [0.25, 0.3) is 0 Å². The zero-order valence-electron chi connectivity index (χ0n) is 46.7. The SMILES string of the molecule is CCCCCCCCOc1ccc2cc1C(=O)NCC(=O)OCCCCCCCCC=CCCCC(=O)Nc1ccc(OCCCCCCCC)c(c1)C(=O)NCC(=O)OCCCCCCCCC=CCCCC(=O)N2. The molecule has 4 amide bonds. The van der Waals surface area contributed by atoms with Gasteiger partial charge in [0.05, 0.1) is 37.6 Å². The number of benzene rings is 2. The molecule has 1 heterocycles. The monoisotopic (exact) mass is 1060 g/mol. The Hall–Kier alpha value is -5.66. The van der Waals surface area contributed by atoms with E-state index in [0.29, 0.717) is 61.8 Å². The second-order valence-corrected chi connectivity index (χ2v) is 20.1. The number of fused-ring (bicyclic) bond motifs is 4. The molecule has 0 atom stereocenters. The number of anilines is 2. The molecule has 14 heteroatoms. The molecule has 76 heavy (non-hydrogen) atoms. The van der Waals surface area contributed by atoms with E-state index in [1.54, 1.807) is 36.4 Å². The number of carbonyl (C=O) groups is 6. The van der Waals surface area contributed by atoms with Gasteiger partial charge in [0.1, 0.15) is 24.6 Å². The van der Waals surface area contributed by atoms with Crippen molar-refractivity contribution in [2.45, 2.75) is 219 Å². The Bertz CT molecular complexity index is 1880. The van der Waals surface area contributed by atoms with Crippen molar-refractivity contribution in [2.24, 2.45) is 0 Å². The van der Waals surface area contributed by atoms with Gasteiger partial charge in [-0.15, -0.1) is 0 Å². The fraction of sp³-hybridized carbons (Fsp3) is 0.645. The Morgan fingerprint density at radius 3 is 1.18 bits per heavy atom. The topological polar surface area (TPSA) is 187 Å². The molecule has 1 aliphatic heterocycles. The minimum atomic E-state index is -0.504. The van der Waals surface area contributed by atoms with Gasteiger partial charge in [-0.3, -0.25) is 28.8 Å². The van der Waals surface area contributed by atoms with Crippen molar-refractivity contribution >= 4 is 46.9 Å². The molecule has 0 saturated carbocycles. The lowest BCUT2D eigenvalue weighted by Gasteiger charge is -2.14. The van der Waals surface area contributed by atoms with E-state index in [2.05, 4.69) is 59.4 Å². The van der Waals surface area contributed by atoms with Gasteiger partial charge in [0.15, 0.2) is 0 Å². The molecule has 3 rings (SSSR count). The van der Waals surface area contributed by atoms with Crippen LogP contribution in [0.1, 0.15) is 240 Å². The highest BCUT2D eigenvalue weighted by Crippen LogP contribution is 2.26. The highest BCUT2D eigenvalue weighted by molar-refractivity contribution is 6.01. The number of ether oxygens (including phenoxy) is 4. The van der Waals surface area contributed by atoms with E-state index in [9.17, 15) is 28.8 Å². The van der Waals surface area contributed by atoms with Crippen LogP contribution in [0, 0.1) is 0 Å². The highest BCUT2D eigenvalue weighted by Gasteiger charge is 2.19. The third-order valence-corrected chi connectivity index (χ3v) is 13.3. The molecule has 4 N–H and O–H groups in total. The summed E-state index contributed by atoms with van der Waals surface area (Å²) in [6, 6.07) is 10.1. The summed E-state index contributed by atoms with van der Waals surface area (Å²) in [5, 5.41) is 11.2. The molecular formula is C62H96N4O10. The Morgan fingerprint density at radius 2 is 0.776 bits per heavy atom. The fourth-order valence-corrected chi connectivity index (χ4v) is 8.74. The van der Waals surface area contributed by atoms with Crippen molar-refractivity contribution in [1.29, 1.82) is 0 Å². The lowest BCUT2D eigenvalue weighted by atomic mass is 10.1. The molecule has 0 spiro atoms. The number of cyclic esters (lactones) is 2. The first-order valence-electron chi connectivity index (χ1n) is 29.5. The Kier molecular flexibility index (Phi) is 36.9. The summed E-state index contributed by atoms with van der Waals surface area (Å²) in [6.07, 6.45) is 39.4. The van der Waals surface area contributed by atoms with Crippen LogP contribution < -0.4 is 30.7 Å². The smallest absolute Gasteiger partial charge is 0.325 e. The number of allylic oxidation sites excluding steroid dienone is 4. The van der Waals surface area contributed by atoms with Crippen molar-refractivity contribution in [3.8, 4) is 11.5 Å². The largest absolute Gasteiger partial charge is 0.493 e. The molecule has 0 saturated heterocycles. The molecule has 4 bridgehead atoms. The molecule has 14 nitrogen and oxygen atoms in total. The third-order valence-electron chi connectivity index (χ3n) is 13.3. The third kappa shape index (κ3) is 32.0. The zero-order chi connectivity index (χ0) is 54.5. The van der Waals surface area contributed by atoms with Gasteiger partial charge >= 0.3 is 11.9 Å². The minimum Gasteiger partial charge on any atom is -0.493 e. The molecule has 0 aromatic heterocycles. The van der Waals surface area contributed by atoms with E-state index in [1.807, 2.05) is 0 Å². The highest BCUT2D eigenvalue weighted by atomic mass is 16.5. The first-order valence-corrected chi connectivity index (χ1v) is 29.5. The number of rotatable bonds is 16. The number of esters is 2. The zero-order valence-corrected chi connectivity index (χ0v) is 46.7. The fourth-order valence-electron chi connectivity index (χ4n) is 8.74. The Morgan fingerprint density at radius 1 is 0.421 bits per heavy atom. The molecule has 0 aliphatic carbocycles. The van der Waals surface area contributed by atoms with Crippen LogP contribution in [-0.4, -0.2) is 75.1 Å². The quantitative estimate of drug-likeness (QED) is 0.0716. The average molecular weight is 1060 g/mol. The van der Waals surface area contributed by atoms with E-state index >= 15 is 0 Å². The molecule has 1 aliphatic rings. The Balaban J connectivity index is 1.52. The molecule has 424 valence electrons. The Labute approximate surface area is 456 Å². The molecule has 0 unspecified atom stereocenters. The van der Waals surface area contributed by atoms with Crippen LogP contribution in [0.4, 0.5) is 11.4 Å². The first kappa shape index (κ1) is 64.6. The lowest BCUT2D eigenvalue weighted by Crippen LogP contribution is -2.31. The van der Waals surface area contributed by atoms with Crippen LogP contribution in [0.2, 0.25) is 0 Å². The molecule has 0 radical (unpaired) electrons. The predicted octanol–water partition coefficient (Wildman–Crippen LogP) is 14.2. The summed E-state index contributed by atoms with van der Waals surface area (Å²) in [7, 11) is 0. The van der Waals surface area contributed by atoms with E-state index in [1.165, 1.54) is 38.5 Å². The van der Waals surface area contributed by atoms with Gasteiger partial charge in [-0.25, -0.2) is 0 Å². The molecular weight excluding hydrogens is 961 g/mol. The van der Waals surface area contributed by atoms with Gasteiger partial charge in [-0.1, -0.05) is 154 Å². The van der Waals surface area contributed by atoms with E-state index < -0.39 is 23.8 Å². The molecule has 0 fully saturated rings. The van der Waals surface area contributed by atoms with Crippen molar-refractivity contribution in [1.82, 2.24) is 10.6 Å². The second-order valence-electron chi connectivity index (χ2n) is 20.1. The van der Waals surface area contributed by atoms with Crippen molar-refractivity contribution in [3.05, 3.63) is 71.8 Å². The van der Waals surface area contributed by atoms with Gasteiger partial charge in [0.2, 0.25) is 11.8 Å². The summed E-state index contributed by atoms with van der Waals surface area (Å²) in [4.78, 5) is 77.9. The maximum atomic E-state index is 13.4. The van der Waals surface area contributed by atoms with Crippen molar-refractivity contribution < 1.29 is 47.7 Å². The maximum Gasteiger partial charge on any atom is 0.325 e. The summed E-state index contributed by atoms with van der Waals surface area (Å²) < 4.78 is 23.0. The van der Waals surface area contributed by atoms with Crippen molar-refractivity contribution in [2.75, 3.05) is 50.2 Å². The van der Waals surface area contributed by atoms with Gasteiger partial charge in [0.25, 0.3) is 11.8 Å². The number of unbranched alkanes of at least 4 members (excludes halogenated alkanes) is 10. The van der Waals surface area contributed by atoms with Crippen LogP contribution in [0.3, 0.4) is 0 Å². The first-order chi connectivity index (χ1) is 37.2. The van der Waals surface area contributed by atoms with E-state index in [0.717, 1.165) is 141 Å². The number of nitrogens with one attached hydrogen (secondary N) is 4. The van der Waals surface area contributed by atoms with Crippen LogP contribution in [0.15, 0.2) is 60.7 Å². The van der Waals surface area contributed by atoms with E-state index in [-0.39, 0.29) is 49.2 Å². The van der Waals surface area contributed by atoms with Crippen molar-refractivity contribution in [3.63, 3.8) is 0 Å². The van der Waals surface area contributed by atoms with Gasteiger partial charge < -0.3 is 40.2 Å². The van der Waals surface area contributed by atoms with Crippen LogP contribution in [0.5, 0.6) is 11.5 Å². The number of hydrogen-bond donors (Lipinski definition) is 4. The number of hydrogen-bond acceptors (Lipinski definition) is 10. The normalized spacial score (nSPS) is 17.2. The summed E-state index contributed by atoms with van der Waals surface area (Å²) in [6.45, 7) is 5.35. The number of carbonyl (C=O) groups excluding carboxylic acids is 6. The lowest BCUT2D eigenvalue weighted by molar-refractivity contribution is -0.143. The second kappa shape index (κ2) is 43.4. The van der Waals surface area contributed by atoms with Crippen LogP contribution >= 0.6 is 0 Å². The summed E-state index contributed by atoms with van der Waals surface area (Å²) in [5.74, 6) is -1.42. The van der Waals surface area contributed by atoms with Gasteiger partial charge in [-0.05, 0) is 113 Å². The van der Waals surface area contributed by atoms with Crippen LogP contribution in [-0.2, 0) is 28.7 Å². The predicted molar refractivity (Wildman–Crippen MR) is 305 cm³/mol. The van der Waals surface area contributed by atoms with Gasteiger partial charge in [-0.2, -0.15) is 0 Å². The summed E-state index contributed by atoms with van der Waals surface area (Å²) >= 11 is 0.